The van der Waals surface area contributed by atoms with E-state index >= 15 is 0 Å². The van der Waals surface area contributed by atoms with Gasteiger partial charge < -0.3 is 15.7 Å². The number of aliphatic hydroxyl groups is 1. The van der Waals surface area contributed by atoms with Gasteiger partial charge in [0.25, 0.3) is 5.56 Å². The van der Waals surface area contributed by atoms with Crippen LogP contribution in [0.25, 0.3) is 0 Å². The first-order chi connectivity index (χ1) is 9.08. The average Bonchev–Trinajstić information content (AvgIpc) is 2.83. The van der Waals surface area contributed by atoms with E-state index in [1.807, 2.05) is 11.8 Å². The van der Waals surface area contributed by atoms with E-state index < -0.39 is 11.2 Å². The Balaban J connectivity index is 2.43. The summed E-state index contributed by atoms with van der Waals surface area (Å²) in [6.45, 7) is 3.78. The molecule has 1 aliphatic heterocycles. The second-order valence-electron chi connectivity index (χ2n) is 4.93. The Bertz CT molecular complexity index is 563. The molecule has 0 amide bonds. The van der Waals surface area contributed by atoms with Crippen LogP contribution in [0.2, 0.25) is 0 Å². The molecule has 0 aliphatic carbocycles. The summed E-state index contributed by atoms with van der Waals surface area (Å²) in [4.78, 5) is 27.8. The lowest BCUT2D eigenvalue weighted by molar-refractivity contribution is 0.238. The molecular formula is C12H20N4O3. The smallest absolute Gasteiger partial charge is 0.330 e. The van der Waals surface area contributed by atoms with Crippen molar-refractivity contribution in [2.24, 2.45) is 5.92 Å². The summed E-state index contributed by atoms with van der Waals surface area (Å²) < 4.78 is 1.39. The molecule has 4 N–H and O–H groups in total. The van der Waals surface area contributed by atoms with Crippen molar-refractivity contribution in [1.29, 1.82) is 0 Å². The quantitative estimate of drug-likeness (QED) is 0.673. The van der Waals surface area contributed by atoms with Crippen molar-refractivity contribution in [3.05, 3.63) is 20.8 Å². The van der Waals surface area contributed by atoms with Crippen LogP contribution < -0.4 is 21.9 Å². The zero-order valence-electron chi connectivity index (χ0n) is 11.1. The van der Waals surface area contributed by atoms with Crippen molar-refractivity contribution in [2.45, 2.75) is 26.3 Å². The molecule has 1 saturated heterocycles. The van der Waals surface area contributed by atoms with Crippen LogP contribution in [0.4, 0.5) is 11.5 Å². The summed E-state index contributed by atoms with van der Waals surface area (Å²) >= 11 is 0. The van der Waals surface area contributed by atoms with E-state index in [9.17, 15) is 9.59 Å². The van der Waals surface area contributed by atoms with E-state index in [1.165, 1.54) is 4.57 Å². The maximum absolute atomic E-state index is 11.9. The largest absolute Gasteiger partial charge is 0.396 e. The number of aromatic nitrogens is 2. The Morgan fingerprint density at radius 3 is 2.79 bits per heavy atom. The summed E-state index contributed by atoms with van der Waals surface area (Å²) in [7, 11) is 0. The lowest BCUT2D eigenvalue weighted by Gasteiger charge is -2.21. The Morgan fingerprint density at radius 1 is 1.47 bits per heavy atom. The van der Waals surface area contributed by atoms with Gasteiger partial charge in [-0.15, -0.1) is 0 Å². The molecule has 7 nitrogen and oxygen atoms in total. The molecule has 19 heavy (non-hydrogen) atoms. The van der Waals surface area contributed by atoms with Crippen LogP contribution in [0.15, 0.2) is 9.59 Å². The summed E-state index contributed by atoms with van der Waals surface area (Å²) in [6, 6.07) is 0. The SMILES string of the molecule is CCCn1c(N)c(N2CCC(CO)C2)c(=O)[nH]c1=O. The first kappa shape index (κ1) is 13.7. The van der Waals surface area contributed by atoms with Crippen LogP contribution in [0.5, 0.6) is 0 Å². The van der Waals surface area contributed by atoms with E-state index in [4.69, 9.17) is 10.8 Å². The molecule has 2 rings (SSSR count). The number of aliphatic hydroxyl groups excluding tert-OH is 1. The fourth-order valence-corrected chi connectivity index (χ4v) is 2.51. The third-order valence-electron chi connectivity index (χ3n) is 3.52. The lowest BCUT2D eigenvalue weighted by atomic mass is 10.1. The van der Waals surface area contributed by atoms with Gasteiger partial charge in [0.2, 0.25) is 0 Å². The number of nitrogens with one attached hydrogen (secondary N) is 1. The Kier molecular flexibility index (Phi) is 3.94. The third-order valence-corrected chi connectivity index (χ3v) is 3.52. The van der Waals surface area contributed by atoms with Gasteiger partial charge in [0, 0.05) is 32.2 Å². The molecule has 0 spiro atoms. The molecule has 7 heteroatoms. The lowest BCUT2D eigenvalue weighted by Crippen LogP contribution is -2.37. The van der Waals surface area contributed by atoms with Crippen molar-refractivity contribution >= 4 is 11.5 Å². The van der Waals surface area contributed by atoms with E-state index in [0.717, 1.165) is 12.8 Å². The highest BCUT2D eigenvalue weighted by Crippen LogP contribution is 2.24. The highest BCUT2D eigenvalue weighted by atomic mass is 16.3. The first-order valence-electron chi connectivity index (χ1n) is 6.56. The molecule has 1 aliphatic rings. The van der Waals surface area contributed by atoms with Gasteiger partial charge in [-0.2, -0.15) is 0 Å². The van der Waals surface area contributed by atoms with Crippen LogP contribution >= 0.6 is 0 Å². The molecular weight excluding hydrogens is 248 g/mol. The second-order valence-corrected chi connectivity index (χ2v) is 4.93. The van der Waals surface area contributed by atoms with Crippen LogP contribution in [0, 0.1) is 5.92 Å². The highest BCUT2D eigenvalue weighted by molar-refractivity contribution is 5.62. The molecule has 106 valence electrons. The fraction of sp³-hybridized carbons (Fsp3) is 0.667. The molecule has 1 aromatic rings. The normalized spacial score (nSPS) is 19.1. The van der Waals surface area contributed by atoms with Gasteiger partial charge >= 0.3 is 5.69 Å². The topological polar surface area (TPSA) is 104 Å². The van der Waals surface area contributed by atoms with Crippen LogP contribution in [0.1, 0.15) is 19.8 Å². The van der Waals surface area contributed by atoms with Crippen molar-refractivity contribution in [1.82, 2.24) is 9.55 Å². The standard InChI is InChI=1S/C12H20N4O3/c1-2-4-16-10(13)9(11(18)14-12(16)19)15-5-3-8(6-15)7-17/h8,17H,2-7,13H2,1H3,(H,14,18,19). The number of aromatic amines is 1. The minimum absolute atomic E-state index is 0.100. The van der Waals surface area contributed by atoms with Crippen molar-refractivity contribution in [3.8, 4) is 0 Å². The molecule has 1 atom stereocenters. The Morgan fingerprint density at radius 2 is 2.21 bits per heavy atom. The van der Waals surface area contributed by atoms with Gasteiger partial charge in [-0.1, -0.05) is 6.92 Å². The van der Waals surface area contributed by atoms with Crippen molar-refractivity contribution in [3.63, 3.8) is 0 Å². The number of nitrogens with zero attached hydrogens (tertiary/aromatic N) is 2. The minimum atomic E-state index is -0.467. The minimum Gasteiger partial charge on any atom is -0.396 e. The number of nitrogen functional groups attached to an aromatic ring is 1. The molecule has 1 fully saturated rings. The summed E-state index contributed by atoms with van der Waals surface area (Å²) in [6.07, 6.45) is 1.58. The Hall–Kier alpha value is -1.76. The van der Waals surface area contributed by atoms with Gasteiger partial charge in [0.1, 0.15) is 11.5 Å². The molecule has 2 heterocycles. The summed E-state index contributed by atoms with van der Waals surface area (Å²) in [5, 5.41) is 9.15. The molecule has 1 unspecified atom stereocenters. The van der Waals surface area contributed by atoms with Gasteiger partial charge in [0.05, 0.1) is 0 Å². The van der Waals surface area contributed by atoms with E-state index in [0.29, 0.717) is 25.3 Å². The van der Waals surface area contributed by atoms with Gasteiger partial charge in [-0.05, 0) is 12.8 Å². The number of anilines is 2. The van der Waals surface area contributed by atoms with E-state index in [-0.39, 0.29) is 18.3 Å². The Labute approximate surface area is 110 Å². The third kappa shape index (κ3) is 2.51. The number of nitrogens with two attached hydrogens (primary N) is 1. The predicted molar refractivity (Wildman–Crippen MR) is 73.4 cm³/mol. The van der Waals surface area contributed by atoms with Gasteiger partial charge in [-0.25, -0.2) is 4.79 Å². The second kappa shape index (κ2) is 5.48. The number of rotatable bonds is 4. The zero-order chi connectivity index (χ0) is 14.0. The maximum Gasteiger partial charge on any atom is 0.330 e. The maximum atomic E-state index is 11.9. The number of hydrogen-bond acceptors (Lipinski definition) is 5. The van der Waals surface area contributed by atoms with Gasteiger partial charge in [-0.3, -0.25) is 14.3 Å². The molecule has 0 radical (unpaired) electrons. The molecule has 0 aromatic carbocycles. The van der Waals surface area contributed by atoms with Crippen molar-refractivity contribution < 1.29 is 5.11 Å². The average molecular weight is 268 g/mol. The fourth-order valence-electron chi connectivity index (χ4n) is 2.51. The highest BCUT2D eigenvalue weighted by Gasteiger charge is 2.26. The zero-order valence-corrected chi connectivity index (χ0v) is 11.1. The van der Waals surface area contributed by atoms with Gasteiger partial charge in [0.15, 0.2) is 0 Å². The van der Waals surface area contributed by atoms with Crippen molar-refractivity contribution in [2.75, 3.05) is 30.3 Å². The summed E-state index contributed by atoms with van der Waals surface area (Å²) in [5.74, 6) is 0.375. The predicted octanol–water partition coefficient (Wildman–Crippen LogP) is -0.653. The van der Waals surface area contributed by atoms with E-state index in [2.05, 4.69) is 4.98 Å². The van der Waals surface area contributed by atoms with Crippen LogP contribution in [-0.4, -0.2) is 34.4 Å². The summed E-state index contributed by atoms with van der Waals surface area (Å²) in [5.41, 5.74) is 5.41. The number of H-pyrrole nitrogens is 1. The van der Waals surface area contributed by atoms with Crippen LogP contribution in [0.3, 0.4) is 0 Å². The molecule has 0 saturated carbocycles. The monoisotopic (exact) mass is 268 g/mol. The molecule has 0 bridgehead atoms. The first-order valence-corrected chi connectivity index (χ1v) is 6.56. The van der Waals surface area contributed by atoms with E-state index in [1.54, 1.807) is 0 Å². The number of hydrogen-bond donors (Lipinski definition) is 3. The molecule has 1 aromatic heterocycles. The van der Waals surface area contributed by atoms with Crippen LogP contribution in [-0.2, 0) is 6.54 Å².